The third-order valence-electron chi connectivity index (χ3n) is 8.52. The van der Waals surface area contributed by atoms with Gasteiger partial charge in [-0.3, -0.25) is 14.4 Å². The van der Waals surface area contributed by atoms with Crippen molar-refractivity contribution >= 4 is 17.8 Å². The Balaban J connectivity index is 1.29. The molecule has 4 rings (SSSR count). The fourth-order valence-electron chi connectivity index (χ4n) is 6.57. The average molecular weight is 515 g/mol. The molecular weight excluding hydrogens is 472 g/mol. The summed E-state index contributed by atoms with van der Waals surface area (Å²) < 4.78 is 6.09. The summed E-state index contributed by atoms with van der Waals surface area (Å²) in [6.45, 7) is 0.0750. The lowest BCUT2D eigenvalue weighted by Crippen LogP contribution is -2.53. The fraction of sp³-hybridized carbons (Fsp3) is 0.690. The number of amides is 2. The van der Waals surface area contributed by atoms with Gasteiger partial charge in [-0.25, -0.2) is 0 Å². The summed E-state index contributed by atoms with van der Waals surface area (Å²) in [5.74, 6) is -1.25. The summed E-state index contributed by atoms with van der Waals surface area (Å²) in [5.41, 5.74) is 1.65. The number of benzene rings is 1. The van der Waals surface area contributed by atoms with Gasteiger partial charge in [0.15, 0.2) is 0 Å². The maximum absolute atomic E-state index is 13.3. The second-order valence-electron chi connectivity index (χ2n) is 11.1. The van der Waals surface area contributed by atoms with Crippen molar-refractivity contribution in [2.45, 2.75) is 95.3 Å². The van der Waals surface area contributed by atoms with E-state index in [0.29, 0.717) is 13.0 Å². The molecule has 2 bridgehead atoms. The summed E-state index contributed by atoms with van der Waals surface area (Å²) in [6.07, 6.45) is 11.7. The van der Waals surface area contributed by atoms with Gasteiger partial charge in [0.05, 0.1) is 31.2 Å². The van der Waals surface area contributed by atoms with Gasteiger partial charge in [-0.1, -0.05) is 69.2 Å². The number of rotatable bonds is 13. The van der Waals surface area contributed by atoms with Crippen molar-refractivity contribution in [1.82, 2.24) is 10.6 Å². The Labute approximate surface area is 219 Å². The van der Waals surface area contributed by atoms with Gasteiger partial charge in [-0.2, -0.15) is 0 Å². The van der Waals surface area contributed by atoms with E-state index in [4.69, 9.17) is 4.74 Å². The summed E-state index contributed by atoms with van der Waals surface area (Å²) in [5, 5.41) is 24.8. The highest BCUT2D eigenvalue weighted by Crippen LogP contribution is 2.45. The molecule has 0 aromatic heterocycles. The molecule has 8 nitrogen and oxygen atoms in total. The van der Waals surface area contributed by atoms with E-state index in [0.717, 1.165) is 42.7 Å². The average Bonchev–Trinajstić information content (AvgIpc) is 3.50. The van der Waals surface area contributed by atoms with Gasteiger partial charge in [-0.15, -0.1) is 0 Å². The number of aliphatic hydroxyl groups is 1. The molecule has 8 heteroatoms. The fourth-order valence-corrected chi connectivity index (χ4v) is 6.57. The molecular formula is C29H42N2O6. The minimum atomic E-state index is -0.995. The van der Waals surface area contributed by atoms with Crippen LogP contribution in [-0.2, 0) is 32.0 Å². The largest absolute Gasteiger partial charge is 0.481 e. The van der Waals surface area contributed by atoms with Crippen molar-refractivity contribution in [3.05, 3.63) is 35.4 Å². The highest BCUT2D eigenvalue weighted by Gasteiger charge is 2.52. The van der Waals surface area contributed by atoms with Crippen LogP contribution in [-0.4, -0.2) is 59.4 Å². The molecule has 2 aliphatic heterocycles. The van der Waals surface area contributed by atoms with Gasteiger partial charge >= 0.3 is 5.97 Å². The Morgan fingerprint density at radius 3 is 2.43 bits per heavy atom. The van der Waals surface area contributed by atoms with Crippen LogP contribution in [0.25, 0.3) is 0 Å². The van der Waals surface area contributed by atoms with Gasteiger partial charge in [0, 0.05) is 12.5 Å². The summed E-state index contributed by atoms with van der Waals surface area (Å²) in [6, 6.07) is 6.44. The highest BCUT2D eigenvalue weighted by atomic mass is 16.5. The summed E-state index contributed by atoms with van der Waals surface area (Å²) in [7, 11) is 0. The number of fused-ring (bicyclic) bond motifs is 2. The van der Waals surface area contributed by atoms with Crippen molar-refractivity contribution in [1.29, 1.82) is 0 Å². The van der Waals surface area contributed by atoms with E-state index in [1.54, 1.807) is 0 Å². The number of aliphatic carboxylic acids is 1. The van der Waals surface area contributed by atoms with Crippen LogP contribution in [0.5, 0.6) is 0 Å². The number of carboxylic acid groups (broad SMARTS) is 1. The van der Waals surface area contributed by atoms with Crippen LogP contribution >= 0.6 is 0 Å². The highest BCUT2D eigenvalue weighted by molar-refractivity contribution is 5.89. The zero-order valence-electron chi connectivity index (χ0n) is 21.7. The van der Waals surface area contributed by atoms with Crippen molar-refractivity contribution in [3.63, 3.8) is 0 Å². The Morgan fingerprint density at radius 2 is 1.70 bits per heavy atom. The maximum Gasteiger partial charge on any atom is 0.307 e. The number of carboxylic acids is 1. The standard InChI is InChI=1S/C29H42N2O6/c32-18-23(28(35)30-15-7-6-10-19-8-2-1-3-9-19)31-29(36)27-22(24-13-14-25(27)37-24)16-20-11-4-5-12-21(20)17-26(33)34/h4-5,11-12,19,22-25,27,32H,1-3,6-10,13-18H2,(H,30,35)(H,31,36)(H,33,34)/t22-,23?,24-,25+,27-/m0/s1. The topological polar surface area (TPSA) is 125 Å². The zero-order valence-corrected chi connectivity index (χ0v) is 21.7. The monoisotopic (exact) mass is 514 g/mol. The molecule has 3 aliphatic rings. The van der Waals surface area contributed by atoms with E-state index in [1.165, 1.54) is 38.5 Å². The van der Waals surface area contributed by atoms with Crippen LogP contribution in [0.2, 0.25) is 0 Å². The molecule has 0 spiro atoms. The number of hydrogen-bond acceptors (Lipinski definition) is 5. The number of hydrogen-bond donors (Lipinski definition) is 4. The maximum atomic E-state index is 13.3. The minimum absolute atomic E-state index is 0.0656. The van der Waals surface area contributed by atoms with E-state index in [-0.39, 0.29) is 36.4 Å². The Kier molecular flexibility index (Phi) is 9.97. The number of carbonyl (C=O) groups excluding carboxylic acids is 2. The van der Waals surface area contributed by atoms with E-state index in [9.17, 15) is 24.6 Å². The molecule has 3 fully saturated rings. The predicted octanol–water partition coefficient (Wildman–Crippen LogP) is 2.99. The summed E-state index contributed by atoms with van der Waals surface area (Å²) in [4.78, 5) is 37.4. The number of ether oxygens (including phenoxy) is 1. The van der Waals surface area contributed by atoms with Gasteiger partial charge in [0.1, 0.15) is 6.04 Å². The first-order valence-electron chi connectivity index (χ1n) is 14.1. The smallest absolute Gasteiger partial charge is 0.307 e. The van der Waals surface area contributed by atoms with E-state index >= 15 is 0 Å². The predicted molar refractivity (Wildman–Crippen MR) is 139 cm³/mol. The Bertz CT molecular complexity index is 931. The molecule has 2 amide bonds. The van der Waals surface area contributed by atoms with E-state index < -0.39 is 24.5 Å². The van der Waals surface area contributed by atoms with Crippen molar-refractivity contribution in [3.8, 4) is 0 Å². The number of carbonyl (C=O) groups is 3. The molecule has 37 heavy (non-hydrogen) atoms. The van der Waals surface area contributed by atoms with Crippen LogP contribution in [0.1, 0.15) is 75.3 Å². The van der Waals surface area contributed by atoms with Crippen LogP contribution in [0.4, 0.5) is 0 Å². The third-order valence-corrected chi connectivity index (χ3v) is 8.52. The zero-order chi connectivity index (χ0) is 26.2. The van der Waals surface area contributed by atoms with Crippen molar-refractivity contribution in [2.75, 3.05) is 13.2 Å². The SMILES string of the molecule is O=C(O)Cc1ccccc1C[C@@H]1[C@H](C(=O)NC(CO)C(=O)NCCCCC2CCCCC2)[C@H]2CC[C@@H]1O2. The quantitative estimate of drug-likeness (QED) is 0.300. The second kappa shape index (κ2) is 13.4. The molecule has 5 atom stereocenters. The first-order valence-corrected chi connectivity index (χ1v) is 14.1. The normalized spacial score (nSPS) is 26.1. The minimum Gasteiger partial charge on any atom is -0.481 e. The Morgan fingerprint density at radius 1 is 0.973 bits per heavy atom. The Hall–Kier alpha value is -2.45. The molecule has 4 N–H and O–H groups in total. The lowest BCUT2D eigenvalue weighted by atomic mass is 9.75. The van der Waals surface area contributed by atoms with Crippen LogP contribution in [0.15, 0.2) is 24.3 Å². The molecule has 1 aromatic carbocycles. The molecule has 2 saturated heterocycles. The van der Waals surface area contributed by atoms with Crippen LogP contribution in [0, 0.1) is 17.8 Å². The van der Waals surface area contributed by atoms with Crippen molar-refractivity contribution in [2.24, 2.45) is 17.8 Å². The molecule has 2 heterocycles. The number of unbranched alkanes of at least 4 members (excludes halogenated alkanes) is 1. The number of nitrogens with one attached hydrogen (secondary N) is 2. The molecule has 1 aromatic rings. The molecule has 1 aliphatic carbocycles. The van der Waals surface area contributed by atoms with Crippen molar-refractivity contribution < 1.29 is 29.3 Å². The van der Waals surface area contributed by atoms with Crippen LogP contribution in [0.3, 0.4) is 0 Å². The third kappa shape index (κ3) is 7.32. The van der Waals surface area contributed by atoms with Gasteiger partial charge in [-0.05, 0) is 42.7 Å². The first kappa shape index (κ1) is 27.6. The summed E-state index contributed by atoms with van der Waals surface area (Å²) >= 11 is 0. The lowest BCUT2D eigenvalue weighted by Gasteiger charge is -2.29. The number of aliphatic hydroxyl groups excluding tert-OH is 1. The van der Waals surface area contributed by atoms with E-state index in [2.05, 4.69) is 10.6 Å². The molecule has 0 radical (unpaired) electrons. The molecule has 204 valence electrons. The van der Waals surface area contributed by atoms with Crippen LogP contribution < -0.4 is 10.6 Å². The second-order valence-corrected chi connectivity index (χ2v) is 11.1. The first-order chi connectivity index (χ1) is 18.0. The molecule has 1 unspecified atom stereocenters. The molecule has 1 saturated carbocycles. The van der Waals surface area contributed by atoms with Gasteiger partial charge < -0.3 is 25.6 Å². The van der Waals surface area contributed by atoms with E-state index in [1.807, 2.05) is 24.3 Å². The lowest BCUT2D eigenvalue weighted by molar-refractivity contribution is -0.136. The van der Waals surface area contributed by atoms with Gasteiger partial charge in [0.25, 0.3) is 0 Å². The van der Waals surface area contributed by atoms with Gasteiger partial charge in [0.2, 0.25) is 11.8 Å².